The van der Waals surface area contributed by atoms with Crippen LogP contribution in [0.4, 0.5) is 5.69 Å². The standard InChI is InChI=1S/C9H14N4/c1-6-3-4-8(5-7(6)2)13(12)9(10)11/h3-5H,12H2,1-2H3,(H3,10,11). The molecular formula is C9H14N4. The molecule has 0 aliphatic rings. The normalized spacial score (nSPS) is 9.77. The second-order valence-corrected chi connectivity index (χ2v) is 3.02. The van der Waals surface area contributed by atoms with Crippen LogP contribution in [0, 0.1) is 19.3 Å². The molecule has 0 unspecified atom stereocenters. The smallest absolute Gasteiger partial charge is 0.207 e. The van der Waals surface area contributed by atoms with Crippen molar-refractivity contribution < 1.29 is 0 Å². The highest BCUT2D eigenvalue weighted by atomic mass is 15.5. The van der Waals surface area contributed by atoms with Gasteiger partial charge in [0.15, 0.2) is 0 Å². The summed E-state index contributed by atoms with van der Waals surface area (Å²) in [6.45, 7) is 4.01. The minimum absolute atomic E-state index is 0.164. The molecular weight excluding hydrogens is 164 g/mol. The fraction of sp³-hybridized carbons (Fsp3) is 0.222. The summed E-state index contributed by atoms with van der Waals surface area (Å²) in [6, 6.07) is 5.69. The molecule has 0 heterocycles. The molecule has 1 aromatic rings. The molecule has 0 aromatic heterocycles. The van der Waals surface area contributed by atoms with E-state index >= 15 is 0 Å². The Morgan fingerprint density at radius 3 is 2.38 bits per heavy atom. The summed E-state index contributed by atoms with van der Waals surface area (Å²) in [5.41, 5.74) is 8.30. The highest BCUT2D eigenvalue weighted by Crippen LogP contribution is 2.15. The van der Waals surface area contributed by atoms with E-state index in [-0.39, 0.29) is 5.96 Å². The number of benzene rings is 1. The van der Waals surface area contributed by atoms with E-state index in [0.717, 1.165) is 16.3 Å². The molecule has 0 saturated heterocycles. The van der Waals surface area contributed by atoms with Crippen LogP contribution in [-0.4, -0.2) is 5.96 Å². The molecule has 0 atom stereocenters. The highest BCUT2D eigenvalue weighted by Gasteiger charge is 2.04. The Morgan fingerprint density at radius 1 is 1.31 bits per heavy atom. The van der Waals surface area contributed by atoms with Crippen LogP contribution < -0.4 is 16.6 Å². The molecule has 0 radical (unpaired) electrons. The first-order chi connectivity index (χ1) is 6.02. The summed E-state index contributed by atoms with van der Waals surface area (Å²) in [5.74, 6) is 5.38. The average molecular weight is 178 g/mol. The van der Waals surface area contributed by atoms with E-state index < -0.39 is 0 Å². The van der Waals surface area contributed by atoms with Gasteiger partial charge in [0.1, 0.15) is 0 Å². The van der Waals surface area contributed by atoms with Gasteiger partial charge in [-0.15, -0.1) is 0 Å². The van der Waals surface area contributed by atoms with Crippen molar-refractivity contribution in [3.63, 3.8) is 0 Å². The first-order valence-electron chi connectivity index (χ1n) is 3.98. The minimum atomic E-state index is -0.164. The van der Waals surface area contributed by atoms with E-state index in [1.807, 2.05) is 32.0 Å². The van der Waals surface area contributed by atoms with Gasteiger partial charge in [0.2, 0.25) is 5.96 Å². The van der Waals surface area contributed by atoms with E-state index in [0.29, 0.717) is 0 Å². The fourth-order valence-electron chi connectivity index (χ4n) is 1.01. The summed E-state index contributed by atoms with van der Waals surface area (Å²) < 4.78 is 0. The van der Waals surface area contributed by atoms with E-state index in [1.165, 1.54) is 5.56 Å². The first kappa shape index (κ1) is 9.54. The number of rotatable bonds is 1. The Hall–Kier alpha value is -1.55. The number of guanidine groups is 1. The predicted molar refractivity (Wildman–Crippen MR) is 54.5 cm³/mol. The summed E-state index contributed by atoms with van der Waals surface area (Å²) >= 11 is 0. The number of nitrogens with two attached hydrogens (primary N) is 2. The lowest BCUT2D eigenvalue weighted by Gasteiger charge is -2.16. The molecule has 0 amide bonds. The number of anilines is 1. The number of hydrogen-bond donors (Lipinski definition) is 3. The van der Waals surface area contributed by atoms with Crippen molar-refractivity contribution in [2.24, 2.45) is 11.6 Å². The monoisotopic (exact) mass is 178 g/mol. The Labute approximate surface area is 77.6 Å². The van der Waals surface area contributed by atoms with Gasteiger partial charge in [-0.05, 0) is 37.1 Å². The van der Waals surface area contributed by atoms with Gasteiger partial charge in [-0.1, -0.05) is 6.07 Å². The van der Waals surface area contributed by atoms with E-state index in [1.54, 1.807) is 0 Å². The van der Waals surface area contributed by atoms with Gasteiger partial charge in [0, 0.05) is 0 Å². The SMILES string of the molecule is Cc1ccc(N(N)C(=N)N)cc1C. The number of hydrazine groups is 1. The van der Waals surface area contributed by atoms with Crippen LogP contribution in [0.25, 0.3) is 0 Å². The molecule has 70 valence electrons. The number of aryl methyl sites for hydroxylation is 2. The molecule has 5 N–H and O–H groups in total. The molecule has 0 bridgehead atoms. The van der Waals surface area contributed by atoms with Gasteiger partial charge < -0.3 is 5.73 Å². The van der Waals surface area contributed by atoms with Crippen LogP contribution in [0.1, 0.15) is 11.1 Å². The maximum Gasteiger partial charge on any atom is 0.207 e. The molecule has 4 heteroatoms. The topological polar surface area (TPSA) is 79.1 Å². The Kier molecular flexibility index (Phi) is 2.53. The van der Waals surface area contributed by atoms with Crippen LogP contribution in [0.15, 0.2) is 18.2 Å². The number of nitrogens with one attached hydrogen (secondary N) is 1. The summed E-state index contributed by atoms with van der Waals surface area (Å²) in [7, 11) is 0. The van der Waals surface area contributed by atoms with Crippen LogP contribution in [-0.2, 0) is 0 Å². The van der Waals surface area contributed by atoms with E-state index in [4.69, 9.17) is 17.0 Å². The lowest BCUT2D eigenvalue weighted by molar-refractivity contribution is 1.09. The molecule has 1 rings (SSSR count). The molecule has 1 aromatic carbocycles. The molecule has 4 nitrogen and oxygen atoms in total. The van der Waals surface area contributed by atoms with Crippen molar-refractivity contribution in [1.29, 1.82) is 5.41 Å². The fourth-order valence-corrected chi connectivity index (χ4v) is 1.01. The third-order valence-corrected chi connectivity index (χ3v) is 2.03. The minimum Gasteiger partial charge on any atom is -0.369 e. The predicted octanol–water partition coefficient (Wildman–Crippen LogP) is 0.877. The maximum atomic E-state index is 7.14. The Balaban J connectivity index is 3.03. The van der Waals surface area contributed by atoms with Crippen molar-refractivity contribution in [2.45, 2.75) is 13.8 Å². The van der Waals surface area contributed by atoms with Gasteiger partial charge in [0.25, 0.3) is 0 Å². The van der Waals surface area contributed by atoms with Crippen LogP contribution in [0.3, 0.4) is 0 Å². The van der Waals surface area contributed by atoms with Gasteiger partial charge in [-0.3, -0.25) is 5.41 Å². The van der Waals surface area contributed by atoms with Gasteiger partial charge >= 0.3 is 0 Å². The van der Waals surface area contributed by atoms with Gasteiger partial charge in [-0.25, -0.2) is 10.9 Å². The number of nitrogens with zero attached hydrogens (tertiary/aromatic N) is 1. The maximum absolute atomic E-state index is 7.14. The summed E-state index contributed by atoms with van der Waals surface area (Å²) in [4.78, 5) is 0. The molecule has 0 fully saturated rings. The second-order valence-electron chi connectivity index (χ2n) is 3.02. The zero-order chi connectivity index (χ0) is 10.0. The Morgan fingerprint density at radius 2 is 1.92 bits per heavy atom. The zero-order valence-corrected chi connectivity index (χ0v) is 7.83. The lowest BCUT2D eigenvalue weighted by Crippen LogP contribution is -2.42. The van der Waals surface area contributed by atoms with Gasteiger partial charge in [0.05, 0.1) is 5.69 Å². The summed E-state index contributed by atoms with van der Waals surface area (Å²) in [6.07, 6.45) is 0. The van der Waals surface area contributed by atoms with Crippen LogP contribution >= 0.6 is 0 Å². The molecule has 0 aliphatic heterocycles. The third-order valence-electron chi connectivity index (χ3n) is 2.03. The molecule has 13 heavy (non-hydrogen) atoms. The van der Waals surface area contributed by atoms with Crippen LogP contribution in [0.2, 0.25) is 0 Å². The molecule has 0 aliphatic carbocycles. The average Bonchev–Trinajstić information content (AvgIpc) is 2.08. The second kappa shape index (κ2) is 3.45. The highest BCUT2D eigenvalue weighted by molar-refractivity contribution is 5.91. The van der Waals surface area contributed by atoms with E-state index in [2.05, 4.69) is 0 Å². The quantitative estimate of drug-likeness (QED) is 0.258. The Bertz CT molecular complexity index is 332. The van der Waals surface area contributed by atoms with Crippen molar-refractivity contribution >= 4 is 11.6 Å². The largest absolute Gasteiger partial charge is 0.369 e. The van der Waals surface area contributed by atoms with Crippen LogP contribution in [0.5, 0.6) is 0 Å². The van der Waals surface area contributed by atoms with Crippen molar-refractivity contribution in [3.05, 3.63) is 29.3 Å². The third kappa shape index (κ3) is 1.97. The molecule has 0 spiro atoms. The van der Waals surface area contributed by atoms with Crippen molar-refractivity contribution in [2.75, 3.05) is 5.01 Å². The zero-order valence-electron chi connectivity index (χ0n) is 7.83. The van der Waals surface area contributed by atoms with E-state index in [9.17, 15) is 0 Å². The molecule has 0 saturated carbocycles. The van der Waals surface area contributed by atoms with Crippen molar-refractivity contribution in [1.82, 2.24) is 0 Å². The number of hydrogen-bond acceptors (Lipinski definition) is 2. The lowest BCUT2D eigenvalue weighted by atomic mass is 10.1. The first-order valence-corrected chi connectivity index (χ1v) is 3.98. The van der Waals surface area contributed by atoms with Crippen molar-refractivity contribution in [3.8, 4) is 0 Å². The summed E-state index contributed by atoms with van der Waals surface area (Å²) in [5, 5.41) is 8.29. The van der Waals surface area contributed by atoms with Gasteiger partial charge in [-0.2, -0.15) is 0 Å².